The average molecular weight is 344 g/mol. The van der Waals surface area contributed by atoms with Crippen LogP contribution in [0.1, 0.15) is 62.7 Å². The highest BCUT2D eigenvalue weighted by Crippen LogP contribution is 2.38. The fraction of sp³-hybridized carbons (Fsp3) is 0.588. The van der Waals surface area contributed by atoms with Gasteiger partial charge in [-0.25, -0.2) is 0 Å². The van der Waals surface area contributed by atoms with Crippen LogP contribution in [-0.2, 0) is 0 Å². The molecule has 1 saturated carbocycles. The van der Waals surface area contributed by atoms with Gasteiger partial charge in [0.2, 0.25) is 0 Å². The molecule has 0 unspecified atom stereocenters. The maximum Gasteiger partial charge on any atom is 0.256 e. The van der Waals surface area contributed by atoms with E-state index in [0.717, 1.165) is 32.1 Å². The summed E-state index contributed by atoms with van der Waals surface area (Å²) < 4.78 is 6.21. The smallest absolute Gasteiger partial charge is 0.256 e. The Morgan fingerprint density at radius 3 is 2.59 bits per heavy atom. The van der Waals surface area contributed by atoms with Crippen LogP contribution in [-0.4, -0.2) is 18.1 Å². The maximum atomic E-state index is 12.4. The summed E-state index contributed by atoms with van der Waals surface area (Å²) in [7, 11) is 0. The van der Waals surface area contributed by atoms with Gasteiger partial charge in [-0.05, 0) is 51.2 Å². The van der Waals surface area contributed by atoms with Gasteiger partial charge in [-0.1, -0.05) is 36.5 Å². The molecule has 1 amide bonds. The van der Waals surface area contributed by atoms with Crippen LogP contribution in [0.3, 0.4) is 0 Å². The Kier molecular flexibility index (Phi) is 5.99. The van der Waals surface area contributed by atoms with Gasteiger partial charge in [0, 0.05) is 6.54 Å². The zero-order chi connectivity index (χ0) is 16.2. The van der Waals surface area contributed by atoms with Crippen molar-refractivity contribution in [2.24, 2.45) is 0 Å². The Balaban J connectivity index is 2.30. The second-order valence-corrected chi connectivity index (χ2v) is 6.89. The van der Waals surface area contributed by atoms with Gasteiger partial charge in [-0.3, -0.25) is 4.79 Å². The number of carbonyl (C=O) groups is 1. The van der Waals surface area contributed by atoms with Gasteiger partial charge in [0.15, 0.2) is 0 Å². The van der Waals surface area contributed by atoms with Gasteiger partial charge in [0.1, 0.15) is 16.9 Å². The second-order valence-electron chi connectivity index (χ2n) is 6.10. The summed E-state index contributed by atoms with van der Waals surface area (Å²) >= 11 is 12.3. The van der Waals surface area contributed by atoms with Crippen LogP contribution in [0.2, 0.25) is 10.0 Å². The number of carbonyl (C=O) groups excluding carboxylic acids is 1. The standard InChI is InChI=1S/C17H23Cl2NO2/c1-3-11-20-16(21)14-13(8-7-12(18)15(14)19)22-17(2)9-5-4-6-10-17/h7-8H,3-6,9-11H2,1-2H3,(H,20,21). The Morgan fingerprint density at radius 1 is 1.27 bits per heavy atom. The molecule has 1 aliphatic carbocycles. The molecule has 0 atom stereocenters. The summed E-state index contributed by atoms with van der Waals surface area (Å²) in [4.78, 5) is 12.4. The minimum absolute atomic E-state index is 0.233. The van der Waals surface area contributed by atoms with Crippen LogP contribution in [0.5, 0.6) is 5.75 Å². The lowest BCUT2D eigenvalue weighted by molar-refractivity contribution is 0.0474. The van der Waals surface area contributed by atoms with E-state index < -0.39 is 0 Å². The molecule has 1 N–H and O–H groups in total. The molecule has 0 bridgehead atoms. The van der Waals surface area contributed by atoms with E-state index in [1.807, 2.05) is 6.92 Å². The Hall–Kier alpha value is -0.930. The van der Waals surface area contributed by atoms with Gasteiger partial charge in [0.25, 0.3) is 5.91 Å². The Labute approximate surface area is 142 Å². The third-order valence-corrected chi connectivity index (χ3v) is 4.89. The first-order valence-electron chi connectivity index (χ1n) is 7.92. The number of benzene rings is 1. The number of amides is 1. The monoisotopic (exact) mass is 343 g/mol. The van der Waals surface area contributed by atoms with Crippen LogP contribution in [0.4, 0.5) is 0 Å². The van der Waals surface area contributed by atoms with Gasteiger partial charge in [-0.2, -0.15) is 0 Å². The zero-order valence-corrected chi connectivity index (χ0v) is 14.7. The number of hydrogen-bond acceptors (Lipinski definition) is 2. The fourth-order valence-corrected chi connectivity index (χ4v) is 3.22. The highest BCUT2D eigenvalue weighted by molar-refractivity contribution is 6.44. The van der Waals surface area contributed by atoms with E-state index in [0.29, 0.717) is 22.9 Å². The SMILES string of the molecule is CCCNC(=O)c1c(OC2(C)CCCCC2)ccc(Cl)c1Cl. The lowest BCUT2D eigenvalue weighted by atomic mass is 9.86. The van der Waals surface area contributed by atoms with Crippen molar-refractivity contribution in [2.45, 2.75) is 58.0 Å². The number of nitrogens with one attached hydrogen (secondary N) is 1. The van der Waals surface area contributed by atoms with Gasteiger partial charge < -0.3 is 10.1 Å². The molecule has 122 valence electrons. The van der Waals surface area contributed by atoms with E-state index >= 15 is 0 Å². The Morgan fingerprint density at radius 2 is 1.95 bits per heavy atom. The Bertz CT molecular complexity index is 540. The summed E-state index contributed by atoms with van der Waals surface area (Å²) in [6.45, 7) is 4.70. The maximum absolute atomic E-state index is 12.4. The topological polar surface area (TPSA) is 38.3 Å². The molecular formula is C17H23Cl2NO2. The molecule has 22 heavy (non-hydrogen) atoms. The predicted molar refractivity (Wildman–Crippen MR) is 91.2 cm³/mol. The lowest BCUT2D eigenvalue weighted by Gasteiger charge is -2.35. The van der Waals surface area contributed by atoms with Crippen molar-refractivity contribution in [1.82, 2.24) is 5.32 Å². The average Bonchev–Trinajstić information content (AvgIpc) is 2.49. The molecule has 3 nitrogen and oxygen atoms in total. The third kappa shape index (κ3) is 4.08. The molecular weight excluding hydrogens is 321 g/mol. The number of ether oxygens (including phenoxy) is 1. The van der Waals surface area contributed by atoms with Crippen LogP contribution in [0.25, 0.3) is 0 Å². The minimum atomic E-state index is -0.241. The summed E-state index contributed by atoms with van der Waals surface area (Å²) in [6, 6.07) is 3.43. The lowest BCUT2D eigenvalue weighted by Crippen LogP contribution is -2.35. The van der Waals surface area contributed by atoms with Crippen molar-refractivity contribution in [1.29, 1.82) is 0 Å². The first kappa shape index (κ1) is 17.4. The van der Waals surface area contributed by atoms with Gasteiger partial charge >= 0.3 is 0 Å². The van der Waals surface area contributed by atoms with Crippen molar-refractivity contribution in [3.63, 3.8) is 0 Å². The molecule has 1 aromatic carbocycles. The molecule has 5 heteroatoms. The highest BCUT2D eigenvalue weighted by Gasteiger charge is 2.31. The molecule has 0 radical (unpaired) electrons. The molecule has 1 fully saturated rings. The van der Waals surface area contributed by atoms with Crippen LogP contribution in [0, 0.1) is 0 Å². The quantitative estimate of drug-likeness (QED) is 0.794. The predicted octanol–water partition coefficient (Wildman–Crippen LogP) is 5.23. The summed E-state index contributed by atoms with van der Waals surface area (Å²) in [5.41, 5.74) is 0.101. The van der Waals surface area contributed by atoms with Gasteiger partial charge in [0.05, 0.1) is 10.0 Å². The van der Waals surface area contributed by atoms with Crippen LogP contribution in [0.15, 0.2) is 12.1 Å². The summed E-state index contributed by atoms with van der Waals surface area (Å²) in [5.74, 6) is 0.288. The van der Waals surface area contributed by atoms with E-state index in [1.54, 1.807) is 12.1 Å². The van der Waals surface area contributed by atoms with Crippen molar-refractivity contribution >= 4 is 29.1 Å². The molecule has 0 saturated heterocycles. The first-order valence-corrected chi connectivity index (χ1v) is 8.67. The largest absolute Gasteiger partial charge is 0.487 e. The summed E-state index contributed by atoms with van der Waals surface area (Å²) in [6.07, 6.45) is 6.37. The second kappa shape index (κ2) is 7.56. The summed E-state index contributed by atoms with van der Waals surface area (Å²) in [5, 5.41) is 3.47. The normalized spacial score (nSPS) is 17.1. The van der Waals surface area contributed by atoms with E-state index in [4.69, 9.17) is 27.9 Å². The molecule has 0 spiro atoms. The number of rotatable bonds is 5. The molecule has 0 aliphatic heterocycles. The molecule has 0 aromatic heterocycles. The van der Waals surface area contributed by atoms with Gasteiger partial charge in [-0.15, -0.1) is 0 Å². The zero-order valence-electron chi connectivity index (χ0n) is 13.2. The van der Waals surface area contributed by atoms with Crippen molar-refractivity contribution < 1.29 is 9.53 Å². The number of hydrogen-bond donors (Lipinski definition) is 1. The van der Waals surface area contributed by atoms with E-state index in [1.165, 1.54) is 6.42 Å². The molecule has 2 rings (SSSR count). The van der Waals surface area contributed by atoms with Crippen molar-refractivity contribution in [3.05, 3.63) is 27.7 Å². The van der Waals surface area contributed by atoms with Crippen LogP contribution >= 0.6 is 23.2 Å². The number of halogens is 2. The van der Waals surface area contributed by atoms with E-state index in [9.17, 15) is 4.79 Å². The van der Waals surface area contributed by atoms with Crippen LogP contribution < -0.4 is 10.1 Å². The third-order valence-electron chi connectivity index (χ3n) is 4.09. The van der Waals surface area contributed by atoms with Crippen molar-refractivity contribution in [2.75, 3.05) is 6.54 Å². The highest BCUT2D eigenvalue weighted by atomic mass is 35.5. The fourth-order valence-electron chi connectivity index (χ4n) is 2.82. The molecule has 1 aliphatic rings. The molecule has 1 aromatic rings. The van der Waals surface area contributed by atoms with E-state index in [2.05, 4.69) is 12.2 Å². The minimum Gasteiger partial charge on any atom is -0.487 e. The first-order chi connectivity index (χ1) is 10.5. The van der Waals surface area contributed by atoms with E-state index in [-0.39, 0.29) is 16.5 Å². The van der Waals surface area contributed by atoms with Crippen molar-refractivity contribution in [3.8, 4) is 5.75 Å². The molecule has 0 heterocycles.